The molecule has 0 N–H and O–H groups in total. The van der Waals surface area contributed by atoms with E-state index in [1.165, 1.54) is 4.90 Å². The average Bonchev–Trinajstić information content (AvgIpc) is 3.61. The summed E-state index contributed by atoms with van der Waals surface area (Å²) < 4.78 is 58.6. The summed E-state index contributed by atoms with van der Waals surface area (Å²) in [5.74, 6) is 0.623. The van der Waals surface area contributed by atoms with Gasteiger partial charge in [0.15, 0.2) is 0 Å². The van der Waals surface area contributed by atoms with Crippen molar-refractivity contribution in [1.82, 2.24) is 15.0 Å². The number of hydrogen-bond acceptors (Lipinski definition) is 11. The van der Waals surface area contributed by atoms with Crippen LogP contribution >= 0.6 is 0 Å². The molecule has 0 spiro atoms. The molecule has 286 valence electrons. The van der Waals surface area contributed by atoms with Crippen molar-refractivity contribution in [1.29, 1.82) is 0 Å². The van der Waals surface area contributed by atoms with E-state index in [4.69, 9.17) is 27.9 Å². The van der Waals surface area contributed by atoms with Gasteiger partial charge in [0.25, 0.3) is 10.1 Å². The Morgan fingerprint density at radius 3 is 1.94 bits per heavy atom. The van der Waals surface area contributed by atoms with E-state index in [0.717, 1.165) is 33.8 Å². The van der Waals surface area contributed by atoms with Crippen molar-refractivity contribution in [2.24, 2.45) is 0 Å². The molecule has 3 aromatic carbocycles. The summed E-state index contributed by atoms with van der Waals surface area (Å²) in [5, 5.41) is 8.19. The highest BCUT2D eigenvalue weighted by Crippen LogP contribution is 2.20. The standard InChI is InChI=1S/C39H50N4O9S/c1-39(2,3)52-38(44)42(4)35-17-13-32(14-18-35)11-12-33-15-19-36(20-16-33)50-28-26-48-24-22-47-23-25-49-27-29-51-53(45,46)30-8-21-43-31-37(40-41-43)34-9-6-5-7-10-34/h5-7,9-20,31H,8,21-30H2,1-4H3/b12-11+. The van der Waals surface area contributed by atoms with Gasteiger partial charge < -0.3 is 23.7 Å². The molecule has 14 heteroatoms. The maximum Gasteiger partial charge on any atom is 0.414 e. The zero-order valence-electron chi connectivity index (χ0n) is 30.9. The van der Waals surface area contributed by atoms with Gasteiger partial charge in [0.2, 0.25) is 0 Å². The van der Waals surface area contributed by atoms with Crippen LogP contribution < -0.4 is 9.64 Å². The van der Waals surface area contributed by atoms with E-state index >= 15 is 0 Å². The summed E-state index contributed by atoms with van der Waals surface area (Å²) in [4.78, 5) is 13.8. The Hall–Kier alpha value is -4.60. The summed E-state index contributed by atoms with van der Waals surface area (Å²) in [6, 6.07) is 25.1. The van der Waals surface area contributed by atoms with Gasteiger partial charge >= 0.3 is 6.09 Å². The van der Waals surface area contributed by atoms with E-state index < -0.39 is 21.8 Å². The first-order valence-corrected chi connectivity index (χ1v) is 19.1. The first kappa shape index (κ1) is 41.2. The minimum Gasteiger partial charge on any atom is -0.491 e. The third kappa shape index (κ3) is 15.9. The second-order valence-electron chi connectivity index (χ2n) is 12.9. The van der Waals surface area contributed by atoms with Crippen molar-refractivity contribution >= 4 is 34.1 Å². The van der Waals surface area contributed by atoms with Crippen LogP contribution in [0.25, 0.3) is 23.4 Å². The highest BCUT2D eigenvalue weighted by Gasteiger charge is 2.20. The van der Waals surface area contributed by atoms with E-state index in [1.54, 1.807) is 17.9 Å². The van der Waals surface area contributed by atoms with Crippen LogP contribution in [0.15, 0.2) is 85.1 Å². The van der Waals surface area contributed by atoms with Gasteiger partial charge in [0, 0.05) is 24.8 Å². The molecule has 0 saturated heterocycles. The summed E-state index contributed by atoms with van der Waals surface area (Å²) in [7, 11) is -1.97. The first-order valence-electron chi connectivity index (χ1n) is 17.5. The maximum atomic E-state index is 12.3. The van der Waals surface area contributed by atoms with Gasteiger partial charge in [-0.1, -0.05) is 72.0 Å². The fraction of sp³-hybridized carbons (Fsp3) is 0.410. The smallest absolute Gasteiger partial charge is 0.414 e. The fourth-order valence-corrected chi connectivity index (χ4v) is 5.63. The molecule has 0 aliphatic heterocycles. The summed E-state index contributed by atoms with van der Waals surface area (Å²) in [6.45, 7) is 8.32. The summed E-state index contributed by atoms with van der Waals surface area (Å²) in [5.41, 5.74) is 3.92. The van der Waals surface area contributed by atoms with E-state index in [1.807, 2.05) is 112 Å². The molecule has 0 saturated carbocycles. The lowest BCUT2D eigenvalue weighted by Crippen LogP contribution is -2.34. The minimum atomic E-state index is -3.66. The quantitative estimate of drug-likeness (QED) is 0.0504. The number of aryl methyl sites for hydroxylation is 1. The molecule has 1 heterocycles. The Bertz CT molecular complexity index is 1790. The molecule has 0 aliphatic carbocycles. The lowest BCUT2D eigenvalue weighted by Gasteiger charge is -2.24. The molecule has 0 atom stereocenters. The number of carbonyl (C=O) groups is 1. The van der Waals surface area contributed by atoms with Gasteiger partial charge in [0.1, 0.15) is 23.7 Å². The zero-order valence-corrected chi connectivity index (χ0v) is 31.7. The SMILES string of the molecule is CN(C(=O)OC(C)(C)C)c1ccc(/C=C/c2ccc(OCCOCCOCCOCCOS(=O)(=O)CCCn3cc(-c4ccccc4)nn3)cc2)cc1. The van der Waals surface area contributed by atoms with Gasteiger partial charge in [-0.2, -0.15) is 8.42 Å². The first-order chi connectivity index (χ1) is 25.5. The molecule has 13 nitrogen and oxygen atoms in total. The molecule has 4 aromatic rings. The largest absolute Gasteiger partial charge is 0.491 e. The van der Waals surface area contributed by atoms with E-state index in [-0.39, 0.29) is 19.0 Å². The van der Waals surface area contributed by atoms with Gasteiger partial charge in [0.05, 0.1) is 58.2 Å². The number of anilines is 1. The zero-order chi connectivity index (χ0) is 37.9. The Morgan fingerprint density at radius 2 is 1.34 bits per heavy atom. The minimum absolute atomic E-state index is 0.0567. The van der Waals surface area contributed by atoms with Crippen LogP contribution in [0.4, 0.5) is 10.5 Å². The third-order valence-electron chi connectivity index (χ3n) is 7.42. The molecular formula is C39H50N4O9S. The summed E-state index contributed by atoms with van der Waals surface area (Å²) in [6.07, 6.45) is 5.76. The van der Waals surface area contributed by atoms with Crippen molar-refractivity contribution in [2.75, 3.05) is 70.6 Å². The van der Waals surface area contributed by atoms with Crippen LogP contribution in [0.2, 0.25) is 0 Å². The number of rotatable bonds is 22. The van der Waals surface area contributed by atoms with Crippen LogP contribution in [-0.2, 0) is 39.8 Å². The van der Waals surface area contributed by atoms with Crippen LogP contribution in [-0.4, -0.2) is 101 Å². The number of ether oxygens (including phenoxy) is 5. The van der Waals surface area contributed by atoms with Crippen molar-refractivity contribution in [3.05, 3.63) is 96.2 Å². The third-order valence-corrected chi connectivity index (χ3v) is 8.73. The second kappa shape index (κ2) is 21.2. The van der Waals surface area contributed by atoms with Crippen molar-refractivity contribution in [2.45, 2.75) is 39.3 Å². The van der Waals surface area contributed by atoms with E-state index in [9.17, 15) is 13.2 Å². The van der Waals surface area contributed by atoms with Gasteiger partial charge in [-0.25, -0.2) is 4.79 Å². The van der Waals surface area contributed by atoms with Crippen LogP contribution in [0.1, 0.15) is 38.3 Å². The molecular weight excluding hydrogens is 701 g/mol. The molecule has 0 aliphatic rings. The van der Waals surface area contributed by atoms with Crippen molar-refractivity contribution < 1.29 is 41.1 Å². The number of amides is 1. The van der Waals surface area contributed by atoms with Crippen molar-refractivity contribution in [3.8, 4) is 17.0 Å². The normalized spacial score (nSPS) is 11.9. The number of hydrogen-bond donors (Lipinski definition) is 0. The number of nitrogens with zero attached hydrogens (tertiary/aromatic N) is 4. The van der Waals surface area contributed by atoms with Crippen LogP contribution in [0, 0.1) is 0 Å². The Morgan fingerprint density at radius 1 is 0.774 bits per heavy atom. The Kier molecular flexibility index (Phi) is 16.5. The Labute approximate surface area is 312 Å². The van der Waals surface area contributed by atoms with Gasteiger partial charge in [-0.3, -0.25) is 13.8 Å². The Balaban J connectivity index is 0.966. The molecule has 0 radical (unpaired) electrons. The predicted octanol–water partition coefficient (Wildman–Crippen LogP) is 6.35. The summed E-state index contributed by atoms with van der Waals surface area (Å²) >= 11 is 0. The van der Waals surface area contributed by atoms with E-state index in [2.05, 4.69) is 10.3 Å². The molecule has 1 aromatic heterocycles. The maximum absolute atomic E-state index is 12.3. The number of carbonyl (C=O) groups excluding carboxylic acids is 1. The molecule has 53 heavy (non-hydrogen) atoms. The molecule has 1 amide bonds. The highest BCUT2D eigenvalue weighted by atomic mass is 32.2. The lowest BCUT2D eigenvalue weighted by atomic mass is 10.1. The lowest BCUT2D eigenvalue weighted by molar-refractivity contribution is 0.00528. The van der Waals surface area contributed by atoms with Gasteiger partial charge in [-0.05, 0) is 62.6 Å². The van der Waals surface area contributed by atoms with E-state index in [0.29, 0.717) is 52.6 Å². The molecule has 0 fully saturated rings. The van der Waals surface area contributed by atoms with Crippen LogP contribution in [0.5, 0.6) is 5.75 Å². The number of aromatic nitrogens is 3. The number of benzene rings is 3. The highest BCUT2D eigenvalue weighted by molar-refractivity contribution is 7.86. The van der Waals surface area contributed by atoms with Gasteiger partial charge in [-0.15, -0.1) is 5.10 Å². The molecule has 0 unspecified atom stereocenters. The molecule has 0 bridgehead atoms. The fourth-order valence-electron chi connectivity index (χ4n) is 4.70. The van der Waals surface area contributed by atoms with Crippen LogP contribution in [0.3, 0.4) is 0 Å². The average molecular weight is 751 g/mol. The monoisotopic (exact) mass is 750 g/mol. The topological polar surface area (TPSA) is 141 Å². The second-order valence-corrected chi connectivity index (χ2v) is 14.6. The predicted molar refractivity (Wildman–Crippen MR) is 204 cm³/mol. The van der Waals surface area contributed by atoms with Crippen molar-refractivity contribution in [3.63, 3.8) is 0 Å². The molecule has 4 rings (SSSR count).